The molecule has 2 aliphatic carbocycles. The van der Waals surface area contributed by atoms with Gasteiger partial charge in [-0.2, -0.15) is 0 Å². The van der Waals surface area contributed by atoms with Gasteiger partial charge in [0.1, 0.15) is 5.75 Å². The number of allylic oxidation sites excluding steroid dienone is 2. The number of para-hydroxylation sites is 1. The Morgan fingerprint density at radius 3 is 2.29 bits per heavy atom. The second kappa shape index (κ2) is 10.7. The molecule has 2 saturated carbocycles. The van der Waals surface area contributed by atoms with Gasteiger partial charge in [0, 0.05) is 35.5 Å². The minimum atomic E-state index is -4.77. The third-order valence-corrected chi connectivity index (χ3v) is 8.78. The maximum Gasteiger partial charge on any atom is 0.573 e. The van der Waals surface area contributed by atoms with E-state index in [1.54, 1.807) is 0 Å². The molecule has 0 spiro atoms. The van der Waals surface area contributed by atoms with Crippen LogP contribution in [0.15, 0.2) is 59.8 Å². The number of halogens is 3. The van der Waals surface area contributed by atoms with Gasteiger partial charge in [-0.3, -0.25) is 4.79 Å². The van der Waals surface area contributed by atoms with E-state index in [4.69, 9.17) is 0 Å². The number of amides is 1. The number of nitrogens with zero attached hydrogens (tertiary/aromatic N) is 2. The van der Waals surface area contributed by atoms with Crippen molar-refractivity contribution in [2.45, 2.75) is 84.2 Å². The fourth-order valence-electron chi connectivity index (χ4n) is 6.83. The molecule has 0 bridgehead atoms. The van der Waals surface area contributed by atoms with Crippen molar-refractivity contribution in [1.29, 1.82) is 0 Å². The van der Waals surface area contributed by atoms with Crippen molar-refractivity contribution in [3.63, 3.8) is 0 Å². The van der Waals surface area contributed by atoms with E-state index in [-0.39, 0.29) is 23.7 Å². The lowest BCUT2D eigenvalue weighted by molar-refractivity contribution is -0.274. The molecule has 4 nitrogen and oxygen atoms in total. The van der Waals surface area contributed by atoms with Gasteiger partial charge in [-0.25, -0.2) is 0 Å². The molecule has 1 amide bonds. The molecule has 1 aliphatic heterocycles. The van der Waals surface area contributed by atoms with Gasteiger partial charge in [0.05, 0.1) is 6.04 Å². The van der Waals surface area contributed by atoms with Crippen molar-refractivity contribution in [2.75, 3.05) is 11.4 Å². The SMILES string of the molecule is CC/C(C)=C(/C1CCC1)N(CC)C1c2ccccc2N(C(=O)c2ccc(OC(F)(F)F)cc2)C2CCCC12. The molecular weight excluding hydrogens is 489 g/mol. The fraction of sp³-hybridized carbons (Fsp3) is 0.516. The summed E-state index contributed by atoms with van der Waals surface area (Å²) < 4.78 is 41.9. The zero-order valence-electron chi connectivity index (χ0n) is 22.4. The van der Waals surface area contributed by atoms with Gasteiger partial charge in [-0.05, 0) is 87.8 Å². The number of hydrogen-bond acceptors (Lipinski definition) is 3. The summed E-state index contributed by atoms with van der Waals surface area (Å²) in [4.78, 5) is 18.5. The summed E-state index contributed by atoms with van der Waals surface area (Å²) in [7, 11) is 0. The Morgan fingerprint density at radius 2 is 1.68 bits per heavy atom. The highest BCUT2D eigenvalue weighted by atomic mass is 19.4. The highest BCUT2D eigenvalue weighted by molar-refractivity contribution is 6.07. The van der Waals surface area contributed by atoms with Crippen LogP contribution in [-0.2, 0) is 0 Å². The fourth-order valence-corrected chi connectivity index (χ4v) is 6.83. The van der Waals surface area contributed by atoms with Gasteiger partial charge in [0.2, 0.25) is 0 Å². The highest BCUT2D eigenvalue weighted by Crippen LogP contribution is 2.53. The van der Waals surface area contributed by atoms with Crippen LogP contribution in [0.1, 0.15) is 87.7 Å². The number of benzene rings is 2. The standard InChI is InChI=1S/C31H37F3N2O2/c1-4-20(3)28(21-10-8-11-21)35(5-2)29-24-12-6-7-14-26(24)36(27-15-9-13-25(27)29)30(37)22-16-18-23(19-17-22)38-31(32,33)34/h6-7,12,14,16-19,21,25,27,29H,4-5,8-11,13,15H2,1-3H3/b28-20-. The number of ether oxygens (including phenoxy) is 1. The first kappa shape index (κ1) is 26.6. The van der Waals surface area contributed by atoms with Crippen LogP contribution in [-0.4, -0.2) is 29.8 Å². The number of carbonyl (C=O) groups excluding carboxylic acids is 1. The van der Waals surface area contributed by atoms with Crippen molar-refractivity contribution < 1.29 is 22.7 Å². The topological polar surface area (TPSA) is 32.8 Å². The average Bonchev–Trinajstić information content (AvgIpc) is 3.34. The molecule has 0 aromatic heterocycles. The molecule has 204 valence electrons. The van der Waals surface area contributed by atoms with Crippen molar-refractivity contribution in [3.8, 4) is 5.75 Å². The van der Waals surface area contributed by atoms with Crippen molar-refractivity contribution in [3.05, 3.63) is 70.9 Å². The van der Waals surface area contributed by atoms with Crippen molar-refractivity contribution in [2.24, 2.45) is 11.8 Å². The van der Waals surface area contributed by atoms with E-state index < -0.39 is 6.36 Å². The Labute approximate surface area is 223 Å². The molecule has 0 N–H and O–H groups in total. The second-order valence-electron chi connectivity index (χ2n) is 10.8. The van der Waals surface area contributed by atoms with Gasteiger partial charge in [0.15, 0.2) is 0 Å². The first-order valence-corrected chi connectivity index (χ1v) is 14.0. The number of alkyl halides is 3. The lowest BCUT2D eigenvalue weighted by Gasteiger charge is -2.51. The minimum absolute atomic E-state index is 0.0483. The van der Waals surface area contributed by atoms with Crippen LogP contribution in [0, 0.1) is 11.8 Å². The predicted molar refractivity (Wildman–Crippen MR) is 143 cm³/mol. The number of hydrogen-bond donors (Lipinski definition) is 0. The van der Waals surface area contributed by atoms with E-state index in [0.717, 1.165) is 37.9 Å². The van der Waals surface area contributed by atoms with E-state index in [0.29, 0.717) is 17.4 Å². The van der Waals surface area contributed by atoms with Gasteiger partial charge >= 0.3 is 6.36 Å². The second-order valence-corrected chi connectivity index (χ2v) is 10.8. The van der Waals surface area contributed by atoms with Crippen LogP contribution >= 0.6 is 0 Å². The predicted octanol–water partition coefficient (Wildman–Crippen LogP) is 8.26. The Hall–Kier alpha value is -2.96. The van der Waals surface area contributed by atoms with Crippen LogP contribution in [0.4, 0.5) is 18.9 Å². The monoisotopic (exact) mass is 526 g/mol. The third-order valence-electron chi connectivity index (χ3n) is 8.78. The number of anilines is 1. The summed E-state index contributed by atoms with van der Waals surface area (Å²) in [5, 5.41) is 0. The molecule has 0 radical (unpaired) electrons. The lowest BCUT2D eigenvalue weighted by Crippen LogP contribution is -2.51. The normalized spacial score (nSPS) is 23.7. The summed E-state index contributed by atoms with van der Waals surface area (Å²) in [5.74, 6) is 0.404. The van der Waals surface area contributed by atoms with Crippen LogP contribution in [0.5, 0.6) is 5.75 Å². The molecule has 2 aromatic rings. The summed E-state index contributed by atoms with van der Waals surface area (Å²) in [6.07, 6.45) is 3.05. The first-order valence-electron chi connectivity index (χ1n) is 14.0. The van der Waals surface area contributed by atoms with Crippen LogP contribution in [0.3, 0.4) is 0 Å². The van der Waals surface area contributed by atoms with Crippen LogP contribution in [0.2, 0.25) is 0 Å². The summed E-state index contributed by atoms with van der Waals surface area (Å²) in [5.41, 5.74) is 5.42. The van der Waals surface area contributed by atoms with Crippen molar-refractivity contribution in [1.82, 2.24) is 4.90 Å². The highest BCUT2D eigenvalue weighted by Gasteiger charge is 2.48. The summed E-state index contributed by atoms with van der Waals surface area (Å²) in [6, 6.07) is 13.8. The van der Waals surface area contributed by atoms with Crippen LogP contribution in [0.25, 0.3) is 0 Å². The lowest BCUT2D eigenvalue weighted by atomic mass is 9.76. The Bertz CT molecular complexity index is 1190. The van der Waals surface area contributed by atoms with Gasteiger partial charge < -0.3 is 14.5 Å². The first-order chi connectivity index (χ1) is 18.2. The third kappa shape index (κ3) is 4.92. The Balaban J connectivity index is 1.54. The van der Waals surface area contributed by atoms with E-state index in [1.807, 2.05) is 17.0 Å². The number of rotatable bonds is 7. The average molecular weight is 527 g/mol. The summed E-state index contributed by atoms with van der Waals surface area (Å²) >= 11 is 0. The maximum atomic E-state index is 13.9. The molecule has 7 heteroatoms. The summed E-state index contributed by atoms with van der Waals surface area (Å²) in [6.45, 7) is 7.68. The number of carbonyl (C=O) groups is 1. The molecular formula is C31H37F3N2O2. The molecule has 3 atom stereocenters. The molecule has 3 unspecified atom stereocenters. The minimum Gasteiger partial charge on any atom is -0.406 e. The van der Waals surface area contributed by atoms with Gasteiger partial charge in [0.25, 0.3) is 5.91 Å². The largest absolute Gasteiger partial charge is 0.573 e. The van der Waals surface area contributed by atoms with E-state index in [2.05, 4.69) is 42.5 Å². The Kier molecular flexibility index (Phi) is 7.47. The van der Waals surface area contributed by atoms with Gasteiger partial charge in [-0.15, -0.1) is 13.2 Å². The molecule has 38 heavy (non-hydrogen) atoms. The molecule has 5 rings (SSSR count). The molecule has 2 aromatic carbocycles. The van der Waals surface area contributed by atoms with E-state index in [9.17, 15) is 18.0 Å². The molecule has 2 fully saturated rings. The quantitative estimate of drug-likeness (QED) is 0.364. The Morgan fingerprint density at radius 1 is 1.00 bits per heavy atom. The molecule has 1 heterocycles. The zero-order valence-corrected chi connectivity index (χ0v) is 22.4. The zero-order chi connectivity index (χ0) is 27.0. The molecule has 3 aliphatic rings. The van der Waals surface area contributed by atoms with Gasteiger partial charge in [-0.1, -0.05) is 43.5 Å². The van der Waals surface area contributed by atoms with Crippen LogP contribution < -0.4 is 9.64 Å². The molecule has 0 saturated heterocycles. The van der Waals surface area contributed by atoms with E-state index >= 15 is 0 Å². The maximum absolute atomic E-state index is 13.9. The number of fused-ring (bicyclic) bond motifs is 2. The van der Waals surface area contributed by atoms with E-state index in [1.165, 1.54) is 60.4 Å². The van der Waals surface area contributed by atoms with Crippen molar-refractivity contribution >= 4 is 11.6 Å². The smallest absolute Gasteiger partial charge is 0.406 e.